The van der Waals surface area contributed by atoms with Gasteiger partial charge in [0.2, 0.25) is 0 Å². The van der Waals surface area contributed by atoms with Crippen LogP contribution >= 0.6 is 11.6 Å². The van der Waals surface area contributed by atoms with E-state index in [1.807, 2.05) is 30.3 Å². The van der Waals surface area contributed by atoms with Gasteiger partial charge in [-0.2, -0.15) is 0 Å². The van der Waals surface area contributed by atoms with E-state index in [0.29, 0.717) is 6.61 Å². The van der Waals surface area contributed by atoms with Crippen LogP contribution in [0.15, 0.2) is 42.5 Å². The standard InChI is InChI=1S/C21H26ClNO3/c1-24-20-9-6-17(3-2-10-23-11-13-25-14-12-23)15-21(20)26-16-18-4-7-19(22)8-5-18/h4-9,15H,2-3,10-14,16H2,1H3. The smallest absolute Gasteiger partial charge is 0.161 e. The molecule has 0 unspecified atom stereocenters. The number of benzene rings is 2. The number of morpholine rings is 1. The zero-order valence-corrected chi connectivity index (χ0v) is 16.0. The highest BCUT2D eigenvalue weighted by Crippen LogP contribution is 2.29. The van der Waals surface area contributed by atoms with Gasteiger partial charge < -0.3 is 14.2 Å². The fourth-order valence-electron chi connectivity index (χ4n) is 3.06. The van der Waals surface area contributed by atoms with Crippen LogP contribution in [-0.4, -0.2) is 44.9 Å². The van der Waals surface area contributed by atoms with E-state index in [9.17, 15) is 0 Å². The maximum Gasteiger partial charge on any atom is 0.161 e. The molecule has 3 rings (SSSR count). The Morgan fingerprint density at radius 1 is 1.00 bits per heavy atom. The lowest BCUT2D eigenvalue weighted by atomic mass is 10.1. The Morgan fingerprint density at radius 2 is 1.73 bits per heavy atom. The quantitative estimate of drug-likeness (QED) is 0.692. The van der Waals surface area contributed by atoms with Gasteiger partial charge in [0, 0.05) is 18.1 Å². The Labute approximate surface area is 160 Å². The van der Waals surface area contributed by atoms with Gasteiger partial charge >= 0.3 is 0 Å². The van der Waals surface area contributed by atoms with E-state index in [4.69, 9.17) is 25.8 Å². The fraction of sp³-hybridized carbons (Fsp3) is 0.429. The van der Waals surface area contributed by atoms with Crippen LogP contribution in [0.3, 0.4) is 0 Å². The highest BCUT2D eigenvalue weighted by molar-refractivity contribution is 6.30. The number of halogens is 1. The number of hydrogen-bond donors (Lipinski definition) is 0. The minimum Gasteiger partial charge on any atom is -0.493 e. The van der Waals surface area contributed by atoms with Crippen LogP contribution in [0.4, 0.5) is 0 Å². The molecule has 1 aliphatic rings. The molecule has 0 aliphatic carbocycles. The normalized spacial score (nSPS) is 15.0. The van der Waals surface area contributed by atoms with Crippen molar-refractivity contribution in [1.29, 1.82) is 0 Å². The van der Waals surface area contributed by atoms with Crippen molar-refractivity contribution in [3.63, 3.8) is 0 Å². The van der Waals surface area contributed by atoms with Crippen molar-refractivity contribution in [2.24, 2.45) is 0 Å². The third-order valence-electron chi connectivity index (χ3n) is 4.58. The topological polar surface area (TPSA) is 30.9 Å². The summed E-state index contributed by atoms with van der Waals surface area (Å²) in [7, 11) is 1.67. The van der Waals surface area contributed by atoms with Crippen molar-refractivity contribution in [2.45, 2.75) is 19.4 Å². The Hall–Kier alpha value is -1.75. The van der Waals surface area contributed by atoms with Gasteiger partial charge in [-0.15, -0.1) is 0 Å². The SMILES string of the molecule is COc1ccc(CCCN2CCOCC2)cc1OCc1ccc(Cl)cc1. The summed E-state index contributed by atoms with van der Waals surface area (Å²) in [6.07, 6.45) is 2.15. The molecule has 0 atom stereocenters. The molecule has 1 fully saturated rings. The van der Waals surface area contributed by atoms with E-state index in [1.54, 1.807) is 7.11 Å². The third-order valence-corrected chi connectivity index (χ3v) is 4.83. The van der Waals surface area contributed by atoms with Crippen LogP contribution < -0.4 is 9.47 Å². The first-order valence-electron chi connectivity index (χ1n) is 9.09. The lowest BCUT2D eigenvalue weighted by molar-refractivity contribution is 0.0374. The van der Waals surface area contributed by atoms with Gasteiger partial charge in [0.05, 0.1) is 20.3 Å². The molecule has 1 heterocycles. The molecule has 2 aromatic carbocycles. The Morgan fingerprint density at radius 3 is 2.46 bits per heavy atom. The largest absolute Gasteiger partial charge is 0.493 e. The predicted molar refractivity (Wildman–Crippen MR) is 104 cm³/mol. The molecular formula is C21H26ClNO3. The highest BCUT2D eigenvalue weighted by Gasteiger charge is 2.10. The Balaban J connectivity index is 1.55. The van der Waals surface area contributed by atoms with E-state index in [0.717, 1.165) is 67.8 Å². The lowest BCUT2D eigenvalue weighted by Crippen LogP contribution is -2.36. The second-order valence-corrected chi connectivity index (χ2v) is 6.89. The number of methoxy groups -OCH3 is 1. The molecule has 0 radical (unpaired) electrons. The van der Waals surface area contributed by atoms with Crippen LogP contribution in [0, 0.1) is 0 Å². The van der Waals surface area contributed by atoms with Crippen molar-refractivity contribution >= 4 is 11.6 Å². The van der Waals surface area contributed by atoms with Gasteiger partial charge in [-0.3, -0.25) is 4.90 Å². The zero-order valence-electron chi connectivity index (χ0n) is 15.2. The van der Waals surface area contributed by atoms with Crippen molar-refractivity contribution < 1.29 is 14.2 Å². The van der Waals surface area contributed by atoms with E-state index in [1.165, 1.54) is 5.56 Å². The second kappa shape index (κ2) is 9.81. The van der Waals surface area contributed by atoms with Crippen LogP contribution in [-0.2, 0) is 17.8 Å². The first-order chi connectivity index (χ1) is 12.7. The fourth-order valence-corrected chi connectivity index (χ4v) is 3.19. The number of rotatable bonds is 8. The monoisotopic (exact) mass is 375 g/mol. The summed E-state index contributed by atoms with van der Waals surface area (Å²) in [6.45, 7) is 5.38. The van der Waals surface area contributed by atoms with E-state index in [-0.39, 0.29) is 0 Å². The summed E-state index contributed by atoms with van der Waals surface area (Å²) in [6, 6.07) is 13.9. The van der Waals surface area contributed by atoms with Crippen LogP contribution in [0.25, 0.3) is 0 Å². The molecule has 2 aromatic rings. The molecule has 5 heteroatoms. The molecule has 0 aromatic heterocycles. The van der Waals surface area contributed by atoms with Gasteiger partial charge in [-0.05, 0) is 54.8 Å². The van der Waals surface area contributed by atoms with Crippen LogP contribution in [0.5, 0.6) is 11.5 Å². The lowest BCUT2D eigenvalue weighted by Gasteiger charge is -2.26. The average molecular weight is 376 g/mol. The molecule has 0 amide bonds. The first kappa shape index (κ1) is 19.0. The van der Waals surface area contributed by atoms with Gasteiger partial charge in [-0.25, -0.2) is 0 Å². The number of nitrogens with zero attached hydrogens (tertiary/aromatic N) is 1. The molecule has 0 saturated carbocycles. The minimum absolute atomic E-state index is 0.491. The summed E-state index contributed by atoms with van der Waals surface area (Å²) < 4.78 is 16.8. The van der Waals surface area contributed by atoms with Gasteiger partial charge in [-0.1, -0.05) is 29.8 Å². The number of aryl methyl sites for hydroxylation is 1. The second-order valence-electron chi connectivity index (χ2n) is 6.46. The van der Waals surface area contributed by atoms with Gasteiger partial charge in [0.15, 0.2) is 11.5 Å². The zero-order chi connectivity index (χ0) is 18.2. The van der Waals surface area contributed by atoms with Crippen molar-refractivity contribution in [1.82, 2.24) is 4.90 Å². The van der Waals surface area contributed by atoms with E-state index < -0.39 is 0 Å². The highest BCUT2D eigenvalue weighted by atomic mass is 35.5. The Bertz CT molecular complexity index is 684. The number of hydrogen-bond acceptors (Lipinski definition) is 4. The molecule has 0 N–H and O–H groups in total. The molecule has 1 aliphatic heterocycles. The summed E-state index contributed by atoms with van der Waals surface area (Å²) in [4.78, 5) is 2.46. The summed E-state index contributed by atoms with van der Waals surface area (Å²) in [5.41, 5.74) is 2.35. The minimum atomic E-state index is 0.491. The van der Waals surface area contributed by atoms with Crippen LogP contribution in [0.1, 0.15) is 17.5 Å². The maximum atomic E-state index is 6.00. The van der Waals surface area contributed by atoms with Crippen molar-refractivity contribution in [2.75, 3.05) is 40.0 Å². The van der Waals surface area contributed by atoms with Gasteiger partial charge in [0.1, 0.15) is 6.61 Å². The van der Waals surface area contributed by atoms with E-state index in [2.05, 4.69) is 17.0 Å². The summed E-state index contributed by atoms with van der Waals surface area (Å²) >= 11 is 5.93. The molecule has 0 spiro atoms. The van der Waals surface area contributed by atoms with E-state index >= 15 is 0 Å². The summed E-state index contributed by atoms with van der Waals surface area (Å²) in [5.74, 6) is 1.54. The first-order valence-corrected chi connectivity index (χ1v) is 9.46. The molecule has 140 valence electrons. The van der Waals surface area contributed by atoms with Crippen molar-refractivity contribution in [3.8, 4) is 11.5 Å². The molecule has 1 saturated heterocycles. The molecular weight excluding hydrogens is 350 g/mol. The molecule has 26 heavy (non-hydrogen) atoms. The molecule has 0 bridgehead atoms. The number of ether oxygens (including phenoxy) is 3. The molecule has 4 nitrogen and oxygen atoms in total. The van der Waals surface area contributed by atoms with Crippen molar-refractivity contribution in [3.05, 3.63) is 58.6 Å². The predicted octanol–water partition coefficient (Wildman–Crippen LogP) is 4.19. The average Bonchev–Trinajstić information content (AvgIpc) is 2.68. The summed E-state index contributed by atoms with van der Waals surface area (Å²) in [5, 5.41) is 0.730. The third kappa shape index (κ3) is 5.63. The van der Waals surface area contributed by atoms with Crippen LogP contribution in [0.2, 0.25) is 5.02 Å². The van der Waals surface area contributed by atoms with Gasteiger partial charge in [0.25, 0.3) is 0 Å². The maximum absolute atomic E-state index is 6.00. The Kier molecular flexibility index (Phi) is 7.18.